The molecule has 1 heterocycles. The zero-order valence-corrected chi connectivity index (χ0v) is 17.5. The SMILES string of the molecule is CC1C=C[C@]2(N=C(c3ccccc3)OC2C)C1O[Si](C)(C)C(C)(C)C. The summed E-state index contributed by atoms with van der Waals surface area (Å²) >= 11 is 0. The van der Waals surface area contributed by atoms with Gasteiger partial charge in [-0.05, 0) is 37.2 Å². The van der Waals surface area contributed by atoms with Crippen LogP contribution in [0.4, 0.5) is 0 Å². The highest BCUT2D eigenvalue weighted by atomic mass is 28.4. The van der Waals surface area contributed by atoms with Gasteiger partial charge in [0.15, 0.2) is 8.32 Å². The molecular formula is C21H31NO2Si. The largest absolute Gasteiger partial charge is 0.471 e. The van der Waals surface area contributed by atoms with Gasteiger partial charge < -0.3 is 9.16 Å². The monoisotopic (exact) mass is 357 g/mol. The number of ether oxygens (including phenoxy) is 1. The summed E-state index contributed by atoms with van der Waals surface area (Å²) in [6.07, 6.45) is 4.47. The van der Waals surface area contributed by atoms with Crippen molar-refractivity contribution in [3.8, 4) is 0 Å². The Hall–Kier alpha value is -1.39. The summed E-state index contributed by atoms with van der Waals surface area (Å²) in [7, 11) is -1.90. The van der Waals surface area contributed by atoms with Crippen LogP contribution in [0.15, 0.2) is 47.5 Å². The molecule has 1 aliphatic carbocycles. The van der Waals surface area contributed by atoms with Crippen molar-refractivity contribution in [2.75, 3.05) is 0 Å². The second-order valence-electron chi connectivity index (χ2n) is 8.95. The van der Waals surface area contributed by atoms with Gasteiger partial charge in [0.25, 0.3) is 0 Å². The van der Waals surface area contributed by atoms with Crippen LogP contribution in [0.25, 0.3) is 0 Å². The van der Waals surface area contributed by atoms with Gasteiger partial charge in [0, 0.05) is 11.5 Å². The van der Waals surface area contributed by atoms with Gasteiger partial charge in [-0.15, -0.1) is 0 Å². The molecule has 1 aromatic rings. The number of hydrogen-bond donors (Lipinski definition) is 0. The minimum absolute atomic E-state index is 0.0290. The number of benzene rings is 1. The van der Waals surface area contributed by atoms with Crippen molar-refractivity contribution in [1.82, 2.24) is 0 Å². The average Bonchev–Trinajstić information content (AvgIpc) is 3.03. The fraction of sp³-hybridized carbons (Fsp3) is 0.571. The lowest BCUT2D eigenvalue weighted by molar-refractivity contribution is 0.0520. The fourth-order valence-electron chi connectivity index (χ4n) is 3.35. The highest BCUT2D eigenvalue weighted by molar-refractivity contribution is 6.74. The van der Waals surface area contributed by atoms with Crippen molar-refractivity contribution >= 4 is 14.2 Å². The molecule has 0 bridgehead atoms. The molecule has 0 aromatic heterocycles. The van der Waals surface area contributed by atoms with Crippen LogP contribution in [0.1, 0.15) is 40.2 Å². The van der Waals surface area contributed by atoms with Crippen molar-refractivity contribution in [3.05, 3.63) is 48.0 Å². The summed E-state index contributed by atoms with van der Waals surface area (Å²) in [6.45, 7) is 15.8. The fourth-order valence-corrected chi connectivity index (χ4v) is 4.75. The van der Waals surface area contributed by atoms with Crippen LogP contribution in [0.2, 0.25) is 18.1 Å². The first-order chi connectivity index (χ1) is 11.6. The van der Waals surface area contributed by atoms with Crippen LogP contribution >= 0.6 is 0 Å². The quantitative estimate of drug-likeness (QED) is 0.551. The third kappa shape index (κ3) is 3.10. The Labute approximate surface area is 153 Å². The lowest BCUT2D eigenvalue weighted by Crippen LogP contribution is -2.54. The lowest BCUT2D eigenvalue weighted by Gasteiger charge is -2.43. The van der Waals surface area contributed by atoms with Crippen molar-refractivity contribution in [1.29, 1.82) is 0 Å². The molecule has 1 aliphatic heterocycles. The molecule has 0 saturated carbocycles. The van der Waals surface area contributed by atoms with Crippen LogP contribution in [0, 0.1) is 5.92 Å². The summed E-state index contributed by atoms with van der Waals surface area (Å²) in [5.74, 6) is 1.06. The number of nitrogens with zero attached hydrogens (tertiary/aromatic N) is 1. The topological polar surface area (TPSA) is 30.8 Å². The molecule has 4 atom stereocenters. The van der Waals surface area contributed by atoms with Gasteiger partial charge in [-0.3, -0.25) is 0 Å². The zero-order valence-electron chi connectivity index (χ0n) is 16.5. The molecule has 0 amide bonds. The van der Waals surface area contributed by atoms with E-state index in [1.807, 2.05) is 18.2 Å². The Morgan fingerprint density at radius 3 is 2.36 bits per heavy atom. The van der Waals surface area contributed by atoms with E-state index in [0.717, 1.165) is 11.5 Å². The van der Waals surface area contributed by atoms with E-state index in [1.165, 1.54) is 0 Å². The van der Waals surface area contributed by atoms with Gasteiger partial charge in [0.05, 0.1) is 6.10 Å². The Morgan fingerprint density at radius 1 is 1.12 bits per heavy atom. The first kappa shape index (κ1) is 18.4. The van der Waals surface area contributed by atoms with Crippen LogP contribution in [0.3, 0.4) is 0 Å². The smallest absolute Gasteiger partial charge is 0.217 e. The van der Waals surface area contributed by atoms with E-state index >= 15 is 0 Å². The average molecular weight is 358 g/mol. The van der Waals surface area contributed by atoms with Gasteiger partial charge >= 0.3 is 0 Å². The van der Waals surface area contributed by atoms with Crippen molar-refractivity contribution in [2.24, 2.45) is 10.9 Å². The summed E-state index contributed by atoms with van der Waals surface area (Å²) in [4.78, 5) is 5.07. The molecule has 1 spiro atoms. The molecule has 0 saturated heterocycles. The number of rotatable bonds is 3. The van der Waals surface area contributed by atoms with Crippen molar-refractivity contribution in [3.63, 3.8) is 0 Å². The summed E-state index contributed by atoms with van der Waals surface area (Å²) in [5.41, 5.74) is 0.616. The Bertz CT molecular complexity index is 690. The Morgan fingerprint density at radius 2 is 1.76 bits per heavy atom. The molecule has 3 unspecified atom stereocenters. The molecular weight excluding hydrogens is 326 g/mol. The van der Waals surface area contributed by atoms with Crippen LogP contribution in [0.5, 0.6) is 0 Å². The van der Waals surface area contributed by atoms with E-state index in [4.69, 9.17) is 14.2 Å². The number of hydrogen-bond acceptors (Lipinski definition) is 3. The first-order valence-electron chi connectivity index (χ1n) is 9.26. The Balaban J connectivity index is 1.96. The molecule has 0 radical (unpaired) electrons. The Kier molecular flexibility index (Phi) is 4.49. The first-order valence-corrected chi connectivity index (χ1v) is 12.2. The van der Waals surface area contributed by atoms with Gasteiger partial charge in [-0.25, -0.2) is 4.99 Å². The summed E-state index contributed by atoms with van der Waals surface area (Å²) in [6, 6.07) is 10.2. The molecule has 0 N–H and O–H groups in total. The predicted molar refractivity (Wildman–Crippen MR) is 107 cm³/mol. The van der Waals surface area contributed by atoms with E-state index in [0.29, 0.717) is 5.92 Å². The van der Waals surface area contributed by atoms with E-state index in [-0.39, 0.29) is 17.2 Å². The van der Waals surface area contributed by atoms with Gasteiger partial charge in [0.1, 0.15) is 11.6 Å². The second-order valence-corrected chi connectivity index (χ2v) is 13.7. The van der Waals surface area contributed by atoms with E-state index < -0.39 is 13.9 Å². The van der Waals surface area contributed by atoms with Crippen LogP contribution in [-0.2, 0) is 9.16 Å². The van der Waals surface area contributed by atoms with Crippen LogP contribution in [-0.4, -0.2) is 32.0 Å². The molecule has 136 valence electrons. The predicted octanol–water partition coefficient (Wildman–Crippen LogP) is 5.19. The van der Waals surface area contributed by atoms with Crippen LogP contribution < -0.4 is 0 Å². The standard InChI is InChI=1S/C21H31NO2Si/c1-15-13-14-21(18(15)24-25(6,7)20(3,4)5)16(2)23-19(22-21)17-11-9-8-10-12-17/h8-16,18H,1-7H3/t15?,16?,18?,21-/m1/s1. The van der Waals surface area contributed by atoms with E-state index in [1.54, 1.807) is 0 Å². The second kappa shape index (κ2) is 6.10. The lowest BCUT2D eigenvalue weighted by atomic mass is 9.88. The molecule has 0 fully saturated rings. The van der Waals surface area contributed by atoms with Gasteiger partial charge in [0.2, 0.25) is 5.90 Å². The maximum absolute atomic E-state index is 6.86. The third-order valence-corrected chi connectivity index (χ3v) is 10.5. The zero-order chi connectivity index (χ0) is 18.5. The highest BCUT2D eigenvalue weighted by Crippen LogP contribution is 2.46. The normalized spacial score (nSPS) is 32.1. The maximum Gasteiger partial charge on any atom is 0.217 e. The molecule has 25 heavy (non-hydrogen) atoms. The highest BCUT2D eigenvalue weighted by Gasteiger charge is 2.55. The number of aliphatic imine (C=N–C) groups is 1. The van der Waals surface area contributed by atoms with Gasteiger partial charge in [-0.1, -0.05) is 58.0 Å². The molecule has 1 aromatic carbocycles. The molecule has 3 rings (SSSR count). The summed E-state index contributed by atoms with van der Waals surface area (Å²) in [5, 5.41) is 0.172. The van der Waals surface area contributed by atoms with E-state index in [2.05, 4.69) is 72.0 Å². The summed E-state index contributed by atoms with van der Waals surface area (Å²) < 4.78 is 13.1. The van der Waals surface area contributed by atoms with Gasteiger partial charge in [-0.2, -0.15) is 0 Å². The third-order valence-electron chi connectivity index (χ3n) is 6.08. The van der Waals surface area contributed by atoms with Crippen molar-refractivity contribution in [2.45, 2.75) is 70.5 Å². The molecule has 2 aliphatic rings. The molecule has 3 nitrogen and oxygen atoms in total. The van der Waals surface area contributed by atoms with E-state index in [9.17, 15) is 0 Å². The molecule has 4 heteroatoms. The minimum atomic E-state index is -1.90. The van der Waals surface area contributed by atoms with Crippen molar-refractivity contribution < 1.29 is 9.16 Å². The maximum atomic E-state index is 6.86. The minimum Gasteiger partial charge on any atom is -0.471 e.